The van der Waals surface area contributed by atoms with Gasteiger partial charge in [-0.3, -0.25) is 19.8 Å². The Morgan fingerprint density at radius 3 is 2.25 bits per heavy atom. The number of allylic oxidation sites excluding steroid dienone is 2. The number of imide groups is 1. The van der Waals surface area contributed by atoms with Gasteiger partial charge < -0.3 is 0 Å². The molecule has 0 aromatic heterocycles. The first-order valence-electron chi connectivity index (χ1n) is 9.15. The molecule has 1 heterocycles. The molecule has 5 nitrogen and oxygen atoms in total. The summed E-state index contributed by atoms with van der Waals surface area (Å²) >= 11 is 3.44. The molecule has 28 heavy (non-hydrogen) atoms. The summed E-state index contributed by atoms with van der Waals surface area (Å²) in [4.78, 5) is 38.1. The lowest BCUT2D eigenvalue weighted by molar-refractivity contribution is -0.129. The highest BCUT2D eigenvalue weighted by Crippen LogP contribution is 2.38. The molecule has 0 radical (unpaired) electrons. The number of carbonyl (C=O) groups is 3. The fraction of sp³-hybridized carbons (Fsp3) is 0.227. The summed E-state index contributed by atoms with van der Waals surface area (Å²) in [6.07, 6.45) is 3.39. The molecule has 1 aliphatic carbocycles. The molecule has 0 fully saturated rings. The molecule has 0 spiro atoms. The van der Waals surface area contributed by atoms with E-state index in [9.17, 15) is 14.4 Å². The Balaban J connectivity index is 1.57. The van der Waals surface area contributed by atoms with Gasteiger partial charge in [0, 0.05) is 4.47 Å². The summed E-state index contributed by atoms with van der Waals surface area (Å²) in [5.74, 6) is -1.65. The van der Waals surface area contributed by atoms with Crippen LogP contribution in [-0.2, 0) is 4.79 Å². The van der Waals surface area contributed by atoms with Gasteiger partial charge in [0.15, 0.2) is 0 Å². The van der Waals surface area contributed by atoms with Crippen LogP contribution in [0.1, 0.15) is 52.0 Å². The highest BCUT2D eigenvalue weighted by Gasteiger charge is 2.39. The maximum Gasteiger partial charge on any atom is 0.280 e. The molecular weight excluding hydrogens is 420 g/mol. The predicted molar refractivity (Wildman–Crippen MR) is 108 cm³/mol. The Bertz CT molecular complexity index is 962. The first-order valence-corrected chi connectivity index (χ1v) is 9.94. The van der Waals surface area contributed by atoms with Gasteiger partial charge in [0.1, 0.15) is 0 Å². The number of nitrogens with zero attached hydrogens (tertiary/aromatic N) is 1. The lowest BCUT2D eigenvalue weighted by Crippen LogP contribution is -2.49. The summed E-state index contributed by atoms with van der Waals surface area (Å²) in [5.41, 5.74) is 5.51. The number of hydrogen-bond donors (Lipinski definition) is 1. The van der Waals surface area contributed by atoms with Crippen LogP contribution in [0.2, 0.25) is 0 Å². The van der Waals surface area contributed by atoms with Crippen molar-refractivity contribution < 1.29 is 14.4 Å². The van der Waals surface area contributed by atoms with E-state index in [0.717, 1.165) is 21.5 Å². The Labute approximate surface area is 171 Å². The summed E-state index contributed by atoms with van der Waals surface area (Å²) in [6.45, 7) is 2.06. The molecule has 0 saturated heterocycles. The minimum Gasteiger partial charge on any atom is -0.273 e. The normalized spacial score (nSPS) is 21.4. The molecule has 0 saturated carbocycles. The van der Waals surface area contributed by atoms with Crippen molar-refractivity contribution in [1.29, 1.82) is 0 Å². The third-order valence-electron chi connectivity index (χ3n) is 5.40. The Morgan fingerprint density at radius 2 is 1.64 bits per heavy atom. The Morgan fingerprint density at radius 1 is 1.04 bits per heavy atom. The molecule has 4 rings (SSSR count). The van der Waals surface area contributed by atoms with Gasteiger partial charge in [0.2, 0.25) is 5.91 Å². The number of fused-ring (bicyclic) bond motifs is 1. The molecule has 2 aromatic rings. The van der Waals surface area contributed by atoms with Crippen molar-refractivity contribution in [3.8, 4) is 0 Å². The van der Waals surface area contributed by atoms with Crippen molar-refractivity contribution in [3.05, 3.63) is 81.3 Å². The van der Waals surface area contributed by atoms with Crippen LogP contribution in [0.4, 0.5) is 0 Å². The topological polar surface area (TPSA) is 66.5 Å². The number of rotatable bonds is 3. The second-order valence-corrected chi connectivity index (χ2v) is 8.14. The number of hydrogen-bond acceptors (Lipinski definition) is 3. The van der Waals surface area contributed by atoms with E-state index >= 15 is 0 Å². The molecule has 142 valence electrons. The van der Waals surface area contributed by atoms with E-state index in [-0.39, 0.29) is 17.7 Å². The molecule has 1 N–H and O–H groups in total. The summed E-state index contributed by atoms with van der Waals surface area (Å²) in [6, 6.07) is 14.5. The zero-order valence-electron chi connectivity index (χ0n) is 15.3. The molecule has 2 atom stereocenters. The van der Waals surface area contributed by atoms with E-state index in [0.29, 0.717) is 17.5 Å². The zero-order chi connectivity index (χ0) is 19.8. The third-order valence-corrected chi connectivity index (χ3v) is 5.93. The van der Waals surface area contributed by atoms with Gasteiger partial charge in [-0.05, 0) is 55.5 Å². The van der Waals surface area contributed by atoms with Crippen molar-refractivity contribution in [2.24, 2.45) is 5.92 Å². The molecule has 2 aromatic carbocycles. The van der Waals surface area contributed by atoms with Crippen LogP contribution >= 0.6 is 15.9 Å². The predicted octanol–water partition coefficient (Wildman–Crippen LogP) is 4.22. The Hall–Kier alpha value is -2.73. The van der Waals surface area contributed by atoms with E-state index in [1.54, 1.807) is 24.3 Å². The van der Waals surface area contributed by atoms with E-state index < -0.39 is 11.8 Å². The minimum absolute atomic E-state index is 0.00622. The molecule has 3 amide bonds. The number of hydrazine groups is 1. The van der Waals surface area contributed by atoms with Crippen molar-refractivity contribution in [1.82, 2.24) is 10.4 Å². The van der Waals surface area contributed by atoms with Gasteiger partial charge in [-0.25, -0.2) is 0 Å². The highest BCUT2D eigenvalue weighted by molar-refractivity contribution is 9.10. The number of carbonyl (C=O) groups excluding carboxylic acids is 3. The lowest BCUT2D eigenvalue weighted by atomic mass is 9.75. The van der Waals surface area contributed by atoms with Crippen molar-refractivity contribution >= 4 is 33.7 Å². The van der Waals surface area contributed by atoms with Crippen LogP contribution in [0.25, 0.3) is 0 Å². The first-order chi connectivity index (χ1) is 13.5. The third kappa shape index (κ3) is 3.29. The van der Waals surface area contributed by atoms with Crippen LogP contribution in [0, 0.1) is 5.92 Å². The van der Waals surface area contributed by atoms with E-state index in [4.69, 9.17) is 0 Å². The van der Waals surface area contributed by atoms with Crippen LogP contribution in [0.3, 0.4) is 0 Å². The Kier molecular flexibility index (Phi) is 4.89. The van der Waals surface area contributed by atoms with E-state index in [1.165, 1.54) is 5.57 Å². The van der Waals surface area contributed by atoms with Crippen molar-refractivity contribution in [3.63, 3.8) is 0 Å². The van der Waals surface area contributed by atoms with Crippen molar-refractivity contribution in [2.45, 2.75) is 25.7 Å². The molecule has 2 aliphatic rings. The van der Waals surface area contributed by atoms with Crippen LogP contribution in [0.15, 0.2) is 64.7 Å². The van der Waals surface area contributed by atoms with E-state index in [1.807, 2.05) is 24.3 Å². The van der Waals surface area contributed by atoms with Crippen molar-refractivity contribution in [2.75, 3.05) is 0 Å². The SMILES string of the molecule is CC1=CC[C@H](C(=O)NN2C(=O)c3ccccc3C2=O)[C@H](c2ccc(Br)cc2)C1. The maximum atomic E-state index is 13.1. The van der Waals surface area contributed by atoms with Crippen LogP contribution in [0.5, 0.6) is 0 Å². The van der Waals surface area contributed by atoms with Gasteiger partial charge in [0.25, 0.3) is 11.8 Å². The minimum atomic E-state index is -0.489. The average Bonchev–Trinajstić information content (AvgIpc) is 2.93. The number of amides is 3. The van der Waals surface area contributed by atoms with Gasteiger partial charge in [0.05, 0.1) is 17.0 Å². The fourth-order valence-electron chi connectivity index (χ4n) is 3.90. The second kappa shape index (κ2) is 7.36. The molecule has 6 heteroatoms. The van der Waals surface area contributed by atoms with Gasteiger partial charge in [-0.15, -0.1) is 0 Å². The zero-order valence-corrected chi connectivity index (χ0v) is 16.9. The highest BCUT2D eigenvalue weighted by atomic mass is 79.9. The first kappa shape index (κ1) is 18.6. The second-order valence-electron chi connectivity index (χ2n) is 7.22. The maximum absolute atomic E-state index is 13.1. The van der Waals surface area contributed by atoms with Gasteiger partial charge >= 0.3 is 0 Å². The van der Waals surface area contributed by atoms with Crippen LogP contribution < -0.4 is 5.43 Å². The summed E-state index contributed by atoms with van der Waals surface area (Å²) in [5, 5.41) is 0.844. The van der Waals surface area contributed by atoms with Gasteiger partial charge in [-0.1, -0.05) is 51.8 Å². The number of halogens is 1. The van der Waals surface area contributed by atoms with Gasteiger partial charge in [-0.2, -0.15) is 5.01 Å². The summed E-state index contributed by atoms with van der Waals surface area (Å²) < 4.78 is 0.978. The standard InChI is InChI=1S/C22H19BrN2O3/c1-13-6-11-16(19(12-13)14-7-9-15(23)10-8-14)20(26)24-25-21(27)17-4-2-3-5-18(17)22(25)28/h2-10,16,19H,11-12H2,1H3,(H,24,26)/t16-,19-/m0/s1. The number of nitrogens with one attached hydrogen (secondary N) is 1. The fourth-order valence-corrected chi connectivity index (χ4v) is 4.16. The lowest BCUT2D eigenvalue weighted by Gasteiger charge is -2.31. The average molecular weight is 439 g/mol. The van der Waals surface area contributed by atoms with Crippen LogP contribution in [-0.4, -0.2) is 22.7 Å². The molecular formula is C22H19BrN2O3. The quantitative estimate of drug-likeness (QED) is 0.576. The molecule has 0 unspecified atom stereocenters. The number of benzene rings is 2. The largest absolute Gasteiger partial charge is 0.280 e. The monoisotopic (exact) mass is 438 g/mol. The summed E-state index contributed by atoms with van der Waals surface area (Å²) in [7, 11) is 0. The molecule has 0 bridgehead atoms. The smallest absolute Gasteiger partial charge is 0.273 e. The van der Waals surface area contributed by atoms with E-state index in [2.05, 4.69) is 34.4 Å². The molecule has 1 aliphatic heterocycles.